The Balaban J connectivity index is 1.52. The summed E-state index contributed by atoms with van der Waals surface area (Å²) in [6.45, 7) is 4.49. The van der Waals surface area contributed by atoms with Gasteiger partial charge in [0, 0.05) is 24.0 Å². The Bertz CT molecular complexity index is 781. The lowest BCUT2D eigenvalue weighted by Gasteiger charge is -2.31. The molecule has 0 saturated carbocycles. The summed E-state index contributed by atoms with van der Waals surface area (Å²) in [5.41, 5.74) is 6.76. The SMILES string of the molecule is C[C@@H]1CCc2c(sc3ncnc(NC4CCN(CC(N)=O)CC4)c23)C1. The number of amides is 1. The molecule has 0 aromatic carbocycles. The number of hydrogen-bond acceptors (Lipinski definition) is 6. The lowest BCUT2D eigenvalue weighted by molar-refractivity contribution is -0.119. The van der Waals surface area contributed by atoms with Crippen LogP contribution in [0.4, 0.5) is 5.82 Å². The molecule has 3 N–H and O–H groups in total. The molecule has 2 aromatic rings. The Morgan fingerprint density at radius 2 is 2.16 bits per heavy atom. The minimum absolute atomic E-state index is 0.247. The number of hydrogen-bond donors (Lipinski definition) is 2. The molecule has 1 saturated heterocycles. The normalized spacial score (nSPS) is 22.0. The lowest BCUT2D eigenvalue weighted by atomic mass is 9.89. The highest BCUT2D eigenvalue weighted by atomic mass is 32.1. The van der Waals surface area contributed by atoms with Gasteiger partial charge in [-0.3, -0.25) is 9.69 Å². The number of aromatic nitrogens is 2. The first kappa shape index (κ1) is 16.7. The number of likely N-dealkylation sites (tertiary alicyclic amines) is 1. The second-order valence-corrected chi connectivity index (χ2v) is 8.50. The third-order valence-corrected chi connectivity index (χ3v) is 6.56. The molecule has 1 fully saturated rings. The zero-order valence-corrected chi connectivity index (χ0v) is 15.4. The second-order valence-electron chi connectivity index (χ2n) is 7.42. The smallest absolute Gasteiger partial charge is 0.231 e. The minimum atomic E-state index is -0.247. The molecule has 0 radical (unpaired) electrons. The molecule has 1 aliphatic carbocycles. The lowest BCUT2D eigenvalue weighted by Crippen LogP contribution is -2.43. The molecular weight excluding hydrogens is 334 g/mol. The van der Waals surface area contributed by atoms with Crippen molar-refractivity contribution in [3.63, 3.8) is 0 Å². The Morgan fingerprint density at radius 3 is 2.92 bits per heavy atom. The summed E-state index contributed by atoms with van der Waals surface area (Å²) in [6.07, 6.45) is 7.23. The number of carbonyl (C=O) groups excluding carboxylic acids is 1. The first-order chi connectivity index (χ1) is 12.1. The van der Waals surface area contributed by atoms with Crippen molar-refractivity contribution in [3.8, 4) is 0 Å². The third-order valence-electron chi connectivity index (χ3n) is 5.40. The first-order valence-corrected chi connectivity index (χ1v) is 9.94. The van der Waals surface area contributed by atoms with E-state index in [0.717, 1.165) is 48.9 Å². The Kier molecular flexibility index (Phi) is 4.60. The first-order valence-electron chi connectivity index (χ1n) is 9.12. The zero-order chi connectivity index (χ0) is 17.4. The molecular formula is C18H25N5OS. The van der Waals surface area contributed by atoms with Crippen molar-refractivity contribution in [2.45, 2.75) is 45.1 Å². The van der Waals surface area contributed by atoms with E-state index in [0.29, 0.717) is 12.6 Å². The van der Waals surface area contributed by atoms with Crippen molar-refractivity contribution >= 4 is 33.3 Å². The number of thiophene rings is 1. The summed E-state index contributed by atoms with van der Waals surface area (Å²) >= 11 is 1.84. The van der Waals surface area contributed by atoms with E-state index in [1.54, 1.807) is 6.33 Å². The number of nitrogens with two attached hydrogens (primary N) is 1. The van der Waals surface area contributed by atoms with Crippen molar-refractivity contribution < 1.29 is 4.79 Å². The fraction of sp³-hybridized carbons (Fsp3) is 0.611. The van der Waals surface area contributed by atoms with Crippen LogP contribution in [0.5, 0.6) is 0 Å². The van der Waals surface area contributed by atoms with Gasteiger partial charge in [0.05, 0.1) is 11.9 Å². The maximum atomic E-state index is 11.1. The molecule has 1 amide bonds. The highest BCUT2D eigenvalue weighted by molar-refractivity contribution is 7.19. The summed E-state index contributed by atoms with van der Waals surface area (Å²) in [6, 6.07) is 0.389. The number of nitrogens with zero attached hydrogens (tertiary/aromatic N) is 3. The van der Waals surface area contributed by atoms with Crippen LogP contribution in [0.25, 0.3) is 10.2 Å². The molecule has 4 rings (SSSR count). The molecule has 7 heteroatoms. The maximum Gasteiger partial charge on any atom is 0.231 e. The van der Waals surface area contributed by atoms with Crippen LogP contribution >= 0.6 is 11.3 Å². The van der Waals surface area contributed by atoms with E-state index in [-0.39, 0.29) is 5.91 Å². The molecule has 25 heavy (non-hydrogen) atoms. The number of anilines is 1. The van der Waals surface area contributed by atoms with E-state index in [2.05, 4.69) is 27.1 Å². The van der Waals surface area contributed by atoms with E-state index in [1.165, 1.54) is 28.7 Å². The summed E-state index contributed by atoms with van der Waals surface area (Å²) in [5.74, 6) is 1.51. The standard InChI is InChI=1S/C18H25N5OS/c1-11-2-3-13-14(8-11)25-18-16(13)17(20-10-21-18)22-12-4-6-23(7-5-12)9-15(19)24/h10-12H,2-9H2,1H3,(H2,19,24)(H,20,21,22)/t11-/m1/s1. The molecule has 0 bridgehead atoms. The van der Waals surface area contributed by atoms with Gasteiger partial charge in [-0.15, -0.1) is 11.3 Å². The van der Waals surface area contributed by atoms with Gasteiger partial charge in [-0.1, -0.05) is 6.92 Å². The van der Waals surface area contributed by atoms with E-state index in [1.807, 2.05) is 11.3 Å². The van der Waals surface area contributed by atoms with Crippen LogP contribution in [0.2, 0.25) is 0 Å². The molecule has 3 heterocycles. The maximum absolute atomic E-state index is 11.1. The minimum Gasteiger partial charge on any atom is -0.369 e. The summed E-state index contributed by atoms with van der Waals surface area (Å²) in [5, 5.41) is 4.90. The van der Waals surface area contributed by atoms with E-state index >= 15 is 0 Å². The van der Waals surface area contributed by atoms with Gasteiger partial charge in [0.2, 0.25) is 5.91 Å². The molecule has 6 nitrogen and oxygen atoms in total. The number of carbonyl (C=O) groups is 1. The average Bonchev–Trinajstić information content (AvgIpc) is 2.94. The number of nitrogens with one attached hydrogen (secondary N) is 1. The van der Waals surface area contributed by atoms with Crippen molar-refractivity contribution in [2.24, 2.45) is 11.7 Å². The summed E-state index contributed by atoms with van der Waals surface area (Å²) in [4.78, 5) is 24.9. The van der Waals surface area contributed by atoms with Gasteiger partial charge in [-0.2, -0.15) is 0 Å². The Morgan fingerprint density at radius 1 is 1.36 bits per heavy atom. The van der Waals surface area contributed by atoms with Gasteiger partial charge in [0.15, 0.2) is 0 Å². The highest BCUT2D eigenvalue weighted by Crippen LogP contribution is 2.39. The predicted molar refractivity (Wildman–Crippen MR) is 101 cm³/mol. The average molecular weight is 359 g/mol. The van der Waals surface area contributed by atoms with E-state index in [4.69, 9.17) is 5.73 Å². The van der Waals surface area contributed by atoms with Crippen LogP contribution in [-0.4, -0.2) is 46.5 Å². The molecule has 0 unspecified atom stereocenters. The van der Waals surface area contributed by atoms with Gasteiger partial charge < -0.3 is 11.1 Å². The van der Waals surface area contributed by atoms with E-state index in [9.17, 15) is 4.79 Å². The van der Waals surface area contributed by atoms with Crippen LogP contribution in [0, 0.1) is 5.92 Å². The number of fused-ring (bicyclic) bond motifs is 3. The number of aryl methyl sites for hydroxylation is 1. The van der Waals surface area contributed by atoms with Crippen LogP contribution < -0.4 is 11.1 Å². The van der Waals surface area contributed by atoms with Crippen LogP contribution in [0.15, 0.2) is 6.33 Å². The Hall–Kier alpha value is -1.73. The van der Waals surface area contributed by atoms with Crippen LogP contribution in [0.1, 0.15) is 36.6 Å². The van der Waals surface area contributed by atoms with Crippen molar-refractivity contribution in [1.82, 2.24) is 14.9 Å². The molecule has 2 aromatic heterocycles. The number of piperidine rings is 1. The topological polar surface area (TPSA) is 84.1 Å². The van der Waals surface area contributed by atoms with Gasteiger partial charge in [-0.25, -0.2) is 9.97 Å². The van der Waals surface area contributed by atoms with Crippen LogP contribution in [-0.2, 0) is 17.6 Å². The summed E-state index contributed by atoms with van der Waals surface area (Å²) < 4.78 is 0. The van der Waals surface area contributed by atoms with Crippen molar-refractivity contribution in [1.29, 1.82) is 0 Å². The fourth-order valence-electron chi connectivity index (χ4n) is 4.03. The van der Waals surface area contributed by atoms with Gasteiger partial charge in [0.25, 0.3) is 0 Å². The van der Waals surface area contributed by atoms with Gasteiger partial charge in [-0.05, 0) is 43.6 Å². The molecule has 1 aliphatic heterocycles. The fourth-order valence-corrected chi connectivity index (χ4v) is 5.38. The quantitative estimate of drug-likeness (QED) is 0.874. The summed E-state index contributed by atoms with van der Waals surface area (Å²) in [7, 11) is 0. The molecule has 0 spiro atoms. The molecule has 1 atom stereocenters. The van der Waals surface area contributed by atoms with Gasteiger partial charge in [0.1, 0.15) is 17.0 Å². The highest BCUT2D eigenvalue weighted by Gasteiger charge is 2.25. The van der Waals surface area contributed by atoms with Crippen molar-refractivity contribution in [2.75, 3.05) is 25.0 Å². The third kappa shape index (κ3) is 3.48. The Labute approximate surface area is 151 Å². The predicted octanol–water partition coefficient (Wildman–Crippen LogP) is 2.18. The van der Waals surface area contributed by atoms with Crippen LogP contribution in [0.3, 0.4) is 0 Å². The monoisotopic (exact) mass is 359 g/mol. The zero-order valence-electron chi connectivity index (χ0n) is 14.6. The number of rotatable bonds is 4. The van der Waals surface area contributed by atoms with Gasteiger partial charge >= 0.3 is 0 Å². The molecule has 134 valence electrons. The van der Waals surface area contributed by atoms with E-state index < -0.39 is 0 Å². The van der Waals surface area contributed by atoms with Crippen molar-refractivity contribution in [3.05, 3.63) is 16.8 Å². The molecule has 2 aliphatic rings. The second kappa shape index (κ2) is 6.88. The largest absolute Gasteiger partial charge is 0.369 e. The number of primary amides is 1.